The van der Waals surface area contributed by atoms with Crippen LogP contribution in [0.25, 0.3) is 0 Å². The van der Waals surface area contributed by atoms with Crippen molar-refractivity contribution in [2.24, 2.45) is 10.2 Å². The summed E-state index contributed by atoms with van der Waals surface area (Å²) in [7, 11) is 0. The molecule has 0 aliphatic heterocycles. The largest absolute Gasteiger partial charge is 0.507 e. The van der Waals surface area contributed by atoms with E-state index >= 15 is 0 Å². The fourth-order valence-electron chi connectivity index (χ4n) is 2.05. The summed E-state index contributed by atoms with van der Waals surface area (Å²) in [5.74, 6) is -2.02. The average molecular weight is 354 g/mol. The zero-order valence-corrected chi connectivity index (χ0v) is 14.2. The van der Waals surface area contributed by atoms with Crippen LogP contribution in [0.15, 0.2) is 58.7 Å². The number of rotatable bonds is 4. The number of benzene rings is 2. The van der Waals surface area contributed by atoms with Gasteiger partial charge < -0.3 is 10.2 Å². The Kier molecular flexibility index (Phi) is 6.05. The monoisotopic (exact) mass is 354 g/mol. The third-order valence-corrected chi connectivity index (χ3v) is 3.44. The maximum absolute atomic E-state index is 11.8. The molecule has 0 heterocycles. The average Bonchev–Trinajstić information content (AvgIpc) is 2.64. The Morgan fingerprint density at radius 1 is 0.731 bits per heavy atom. The van der Waals surface area contributed by atoms with Crippen LogP contribution in [0.2, 0.25) is 0 Å². The first-order valence-corrected chi connectivity index (χ1v) is 7.65. The van der Waals surface area contributed by atoms with Gasteiger partial charge in [-0.2, -0.15) is 10.2 Å². The van der Waals surface area contributed by atoms with Gasteiger partial charge in [-0.25, -0.2) is 10.9 Å². The fourth-order valence-corrected chi connectivity index (χ4v) is 2.05. The molecule has 0 fully saturated rings. The van der Waals surface area contributed by atoms with E-state index in [1.165, 1.54) is 12.1 Å². The molecule has 0 bridgehead atoms. The summed E-state index contributed by atoms with van der Waals surface area (Å²) in [4.78, 5) is 23.5. The van der Waals surface area contributed by atoms with Gasteiger partial charge in [0, 0.05) is 11.1 Å². The predicted molar refractivity (Wildman–Crippen MR) is 96.9 cm³/mol. The van der Waals surface area contributed by atoms with Gasteiger partial charge in [0.1, 0.15) is 11.5 Å². The van der Waals surface area contributed by atoms with Crippen molar-refractivity contribution in [1.82, 2.24) is 10.9 Å². The molecule has 0 aromatic heterocycles. The number of hydrogen-bond acceptors (Lipinski definition) is 6. The molecule has 0 radical (unpaired) electrons. The van der Waals surface area contributed by atoms with E-state index in [2.05, 4.69) is 21.1 Å². The van der Waals surface area contributed by atoms with Gasteiger partial charge in [0.2, 0.25) is 0 Å². The van der Waals surface area contributed by atoms with Gasteiger partial charge in [0.05, 0.1) is 11.4 Å². The van der Waals surface area contributed by atoms with Crippen molar-refractivity contribution in [2.75, 3.05) is 0 Å². The minimum Gasteiger partial charge on any atom is -0.507 e. The van der Waals surface area contributed by atoms with Gasteiger partial charge in [0.25, 0.3) is 0 Å². The molecule has 0 aliphatic rings. The molecule has 2 amide bonds. The molecule has 2 aromatic rings. The zero-order chi connectivity index (χ0) is 19.1. The summed E-state index contributed by atoms with van der Waals surface area (Å²) in [5.41, 5.74) is 5.71. The Morgan fingerprint density at radius 2 is 1.08 bits per heavy atom. The van der Waals surface area contributed by atoms with E-state index in [1.54, 1.807) is 50.2 Å². The lowest BCUT2D eigenvalue weighted by Gasteiger charge is -2.05. The first-order chi connectivity index (χ1) is 12.4. The van der Waals surface area contributed by atoms with Crippen LogP contribution in [-0.2, 0) is 9.59 Å². The lowest BCUT2D eigenvalue weighted by atomic mass is 10.1. The van der Waals surface area contributed by atoms with Gasteiger partial charge >= 0.3 is 11.8 Å². The van der Waals surface area contributed by atoms with Crippen LogP contribution < -0.4 is 10.9 Å². The Balaban J connectivity index is 1.99. The standard InChI is InChI=1S/C18H18N4O4/c1-11(13-7-3-5-9-15(13)23)19-21-17(25)18(26)22-20-12(2)14-8-4-6-10-16(14)24/h3-10,23-24H,1-2H3,(H,21,25)(H,22,26)/b19-11+,20-12+. The Labute approximate surface area is 149 Å². The van der Waals surface area contributed by atoms with Crippen LogP contribution in [0, 0.1) is 0 Å². The van der Waals surface area contributed by atoms with Gasteiger partial charge in [-0.05, 0) is 38.1 Å². The lowest BCUT2D eigenvalue weighted by molar-refractivity contribution is -0.139. The molecule has 0 atom stereocenters. The number of aromatic hydroxyl groups is 2. The first kappa shape index (κ1) is 18.7. The number of phenolic OH excluding ortho intramolecular Hbond substituents is 2. The molecule has 4 N–H and O–H groups in total. The highest BCUT2D eigenvalue weighted by Crippen LogP contribution is 2.16. The van der Waals surface area contributed by atoms with E-state index in [0.717, 1.165) is 0 Å². The van der Waals surface area contributed by atoms with Crippen molar-refractivity contribution in [3.8, 4) is 11.5 Å². The number of amides is 2. The highest BCUT2D eigenvalue weighted by atomic mass is 16.3. The summed E-state index contributed by atoms with van der Waals surface area (Å²) >= 11 is 0. The molecule has 0 spiro atoms. The molecule has 0 saturated heterocycles. The van der Waals surface area contributed by atoms with Crippen molar-refractivity contribution >= 4 is 23.2 Å². The van der Waals surface area contributed by atoms with E-state index in [0.29, 0.717) is 22.6 Å². The van der Waals surface area contributed by atoms with E-state index < -0.39 is 11.8 Å². The number of para-hydroxylation sites is 2. The second-order valence-corrected chi connectivity index (χ2v) is 5.31. The summed E-state index contributed by atoms with van der Waals surface area (Å²) in [6.07, 6.45) is 0. The van der Waals surface area contributed by atoms with E-state index in [-0.39, 0.29) is 11.5 Å². The number of nitrogens with one attached hydrogen (secondary N) is 2. The molecule has 2 aromatic carbocycles. The normalized spacial score (nSPS) is 11.8. The molecule has 2 rings (SSSR count). The predicted octanol–water partition coefficient (Wildman–Crippen LogP) is 1.48. The van der Waals surface area contributed by atoms with Crippen LogP contribution in [0.1, 0.15) is 25.0 Å². The number of carbonyl (C=O) groups excluding carboxylic acids is 2. The van der Waals surface area contributed by atoms with Crippen molar-refractivity contribution in [3.63, 3.8) is 0 Å². The van der Waals surface area contributed by atoms with Crippen molar-refractivity contribution in [2.45, 2.75) is 13.8 Å². The number of nitrogens with zero attached hydrogens (tertiary/aromatic N) is 2. The smallest absolute Gasteiger partial charge is 0.331 e. The minimum atomic E-state index is -1.02. The lowest BCUT2D eigenvalue weighted by Crippen LogP contribution is -2.36. The van der Waals surface area contributed by atoms with Gasteiger partial charge in [-0.1, -0.05) is 24.3 Å². The van der Waals surface area contributed by atoms with Crippen LogP contribution in [-0.4, -0.2) is 33.5 Å². The fraction of sp³-hybridized carbons (Fsp3) is 0.111. The number of phenols is 2. The summed E-state index contributed by atoms with van der Waals surface area (Å²) in [6.45, 7) is 3.15. The molecule has 134 valence electrons. The Hall–Kier alpha value is -3.68. The zero-order valence-electron chi connectivity index (χ0n) is 14.2. The second kappa shape index (κ2) is 8.43. The van der Waals surface area contributed by atoms with E-state index in [4.69, 9.17) is 0 Å². The molecule has 8 heteroatoms. The molecule has 0 aliphatic carbocycles. The third kappa shape index (κ3) is 4.67. The van der Waals surface area contributed by atoms with Gasteiger partial charge in [-0.15, -0.1) is 0 Å². The van der Waals surface area contributed by atoms with Crippen LogP contribution in [0.4, 0.5) is 0 Å². The van der Waals surface area contributed by atoms with Crippen molar-refractivity contribution in [3.05, 3.63) is 59.7 Å². The molecular formula is C18H18N4O4. The highest BCUT2D eigenvalue weighted by molar-refractivity contribution is 6.35. The van der Waals surface area contributed by atoms with Crippen molar-refractivity contribution < 1.29 is 19.8 Å². The topological polar surface area (TPSA) is 123 Å². The first-order valence-electron chi connectivity index (χ1n) is 7.65. The number of hydrogen-bond donors (Lipinski definition) is 4. The van der Waals surface area contributed by atoms with E-state index in [9.17, 15) is 19.8 Å². The van der Waals surface area contributed by atoms with Gasteiger partial charge in [-0.3, -0.25) is 9.59 Å². The molecule has 0 unspecified atom stereocenters. The summed E-state index contributed by atoms with van der Waals surface area (Å²) in [5, 5.41) is 27.0. The van der Waals surface area contributed by atoms with Crippen LogP contribution >= 0.6 is 0 Å². The highest BCUT2D eigenvalue weighted by Gasteiger charge is 2.13. The maximum Gasteiger partial charge on any atom is 0.331 e. The number of hydrazone groups is 2. The van der Waals surface area contributed by atoms with E-state index in [1.807, 2.05) is 0 Å². The molecule has 26 heavy (non-hydrogen) atoms. The molecular weight excluding hydrogens is 336 g/mol. The van der Waals surface area contributed by atoms with Crippen molar-refractivity contribution in [1.29, 1.82) is 0 Å². The Bertz CT molecular complexity index is 817. The maximum atomic E-state index is 11.8. The SMILES string of the molecule is C/C(=N\NC(=O)C(=O)N/N=C(\C)c1ccccc1O)c1ccccc1O. The van der Waals surface area contributed by atoms with Crippen LogP contribution in [0.3, 0.4) is 0 Å². The summed E-state index contributed by atoms with van der Waals surface area (Å²) < 4.78 is 0. The number of carbonyl (C=O) groups is 2. The third-order valence-electron chi connectivity index (χ3n) is 3.44. The van der Waals surface area contributed by atoms with Crippen LogP contribution in [0.5, 0.6) is 11.5 Å². The summed E-state index contributed by atoms with van der Waals surface area (Å²) in [6, 6.07) is 12.9. The quantitative estimate of drug-likeness (QED) is 0.377. The van der Waals surface area contributed by atoms with Gasteiger partial charge in [0.15, 0.2) is 0 Å². The molecule has 0 saturated carbocycles. The second-order valence-electron chi connectivity index (χ2n) is 5.31. The Morgan fingerprint density at radius 3 is 1.42 bits per heavy atom. The molecule has 8 nitrogen and oxygen atoms in total. The minimum absolute atomic E-state index is 0.00958.